The zero-order valence-corrected chi connectivity index (χ0v) is 18.9. The third kappa shape index (κ3) is 8.73. The fourth-order valence-corrected chi connectivity index (χ4v) is 2.63. The van der Waals surface area contributed by atoms with E-state index in [9.17, 15) is 24.0 Å². The van der Waals surface area contributed by atoms with Crippen molar-refractivity contribution in [3.8, 4) is 0 Å². The van der Waals surface area contributed by atoms with Crippen molar-refractivity contribution >= 4 is 41.1 Å². The molecule has 2 aromatic carbocycles. The monoisotopic (exact) mass is 470 g/mol. The van der Waals surface area contributed by atoms with Gasteiger partial charge in [-0.15, -0.1) is 0 Å². The molecule has 10 nitrogen and oxygen atoms in total. The molecule has 0 spiro atoms. The molecule has 0 heterocycles. The molecule has 2 aromatic rings. The van der Waals surface area contributed by atoms with E-state index in [1.165, 1.54) is 55.6 Å². The number of hydrogen-bond donors (Lipinski definition) is 2. The Kier molecular flexibility index (Phi) is 10.2. The van der Waals surface area contributed by atoms with Crippen molar-refractivity contribution in [2.75, 3.05) is 31.0 Å². The second-order valence-corrected chi connectivity index (χ2v) is 7.04. The predicted octanol–water partition coefficient (Wildman–Crippen LogP) is 2.94. The first-order valence-electron chi connectivity index (χ1n) is 10.5. The molecule has 2 rings (SSSR count). The largest absolute Gasteiger partial charge is 0.465 e. The summed E-state index contributed by atoms with van der Waals surface area (Å²) in [6.07, 6.45) is 0.359. The Morgan fingerprint density at radius 1 is 0.706 bits per heavy atom. The second-order valence-electron chi connectivity index (χ2n) is 7.04. The third-order valence-electron chi connectivity index (χ3n) is 4.35. The first kappa shape index (κ1) is 26.0. The van der Waals surface area contributed by atoms with Gasteiger partial charge >= 0.3 is 17.9 Å². The fraction of sp³-hybridized carbons (Fsp3) is 0.292. The number of ether oxygens (including phenoxy) is 3. The van der Waals surface area contributed by atoms with Gasteiger partial charge in [-0.05, 0) is 55.0 Å². The number of methoxy groups -OCH3 is 1. The maximum Gasteiger partial charge on any atom is 0.338 e. The van der Waals surface area contributed by atoms with Gasteiger partial charge in [-0.2, -0.15) is 0 Å². The lowest BCUT2D eigenvalue weighted by molar-refractivity contribution is -0.147. The molecule has 0 aliphatic rings. The summed E-state index contributed by atoms with van der Waals surface area (Å²) in [4.78, 5) is 58.9. The number of benzene rings is 2. The summed E-state index contributed by atoms with van der Waals surface area (Å²) >= 11 is 0. The van der Waals surface area contributed by atoms with Crippen LogP contribution in [0.5, 0.6) is 0 Å². The van der Waals surface area contributed by atoms with Gasteiger partial charge in [-0.25, -0.2) is 9.59 Å². The minimum Gasteiger partial charge on any atom is -0.465 e. The van der Waals surface area contributed by atoms with E-state index in [0.29, 0.717) is 29.1 Å². The molecule has 34 heavy (non-hydrogen) atoms. The van der Waals surface area contributed by atoms with E-state index >= 15 is 0 Å². The van der Waals surface area contributed by atoms with Crippen LogP contribution in [0.25, 0.3) is 0 Å². The Morgan fingerprint density at radius 2 is 1.24 bits per heavy atom. The van der Waals surface area contributed by atoms with Gasteiger partial charge in [0.15, 0.2) is 6.61 Å². The molecule has 0 aliphatic carbocycles. The van der Waals surface area contributed by atoms with Crippen molar-refractivity contribution in [2.24, 2.45) is 0 Å². The minimum atomic E-state index is -0.708. The highest BCUT2D eigenvalue weighted by Gasteiger charge is 2.12. The molecule has 0 fully saturated rings. The topological polar surface area (TPSA) is 137 Å². The quantitative estimate of drug-likeness (QED) is 0.378. The van der Waals surface area contributed by atoms with E-state index in [2.05, 4.69) is 15.4 Å². The van der Waals surface area contributed by atoms with Gasteiger partial charge in [0.2, 0.25) is 5.91 Å². The average molecular weight is 470 g/mol. The van der Waals surface area contributed by atoms with Crippen LogP contribution in [0.4, 0.5) is 11.4 Å². The zero-order chi connectivity index (χ0) is 24.9. The molecule has 0 saturated carbocycles. The van der Waals surface area contributed by atoms with E-state index < -0.39 is 36.3 Å². The average Bonchev–Trinajstić information content (AvgIpc) is 2.85. The molecule has 0 saturated heterocycles. The molecule has 2 N–H and O–H groups in total. The Morgan fingerprint density at radius 3 is 1.76 bits per heavy atom. The van der Waals surface area contributed by atoms with E-state index in [1.54, 1.807) is 0 Å². The summed E-state index contributed by atoms with van der Waals surface area (Å²) in [6.45, 7) is 1.70. The van der Waals surface area contributed by atoms with Crippen LogP contribution in [0, 0.1) is 0 Å². The normalized spacial score (nSPS) is 10.1. The number of amides is 2. The summed E-state index contributed by atoms with van der Waals surface area (Å²) in [5, 5.41) is 5.13. The van der Waals surface area contributed by atoms with Crippen LogP contribution in [-0.2, 0) is 28.6 Å². The highest BCUT2D eigenvalue weighted by Crippen LogP contribution is 2.12. The summed E-state index contributed by atoms with van der Waals surface area (Å²) in [6, 6.07) is 12.2. The van der Waals surface area contributed by atoms with Crippen LogP contribution in [-0.4, -0.2) is 50.0 Å². The van der Waals surface area contributed by atoms with Crippen molar-refractivity contribution in [1.82, 2.24) is 0 Å². The Balaban J connectivity index is 1.69. The van der Waals surface area contributed by atoms with Gasteiger partial charge in [0.05, 0.1) is 31.3 Å². The standard InChI is InChI=1S/C24H26N2O8/c1-3-14-33-24(31)17-6-10-19(11-7-17)26-21(28)15-34-22(29)13-12-20(27)25-18-8-4-16(5-9-18)23(30)32-2/h4-11H,3,12-15H2,1-2H3,(H,25,27)(H,26,28). The van der Waals surface area contributed by atoms with Gasteiger partial charge in [-0.3, -0.25) is 14.4 Å². The van der Waals surface area contributed by atoms with Crippen molar-refractivity contribution in [1.29, 1.82) is 0 Å². The smallest absolute Gasteiger partial charge is 0.338 e. The number of hydrogen-bond acceptors (Lipinski definition) is 8. The maximum absolute atomic E-state index is 12.0. The van der Waals surface area contributed by atoms with Gasteiger partial charge in [0, 0.05) is 17.8 Å². The summed E-state index contributed by atoms with van der Waals surface area (Å²) < 4.78 is 14.5. The molecule has 0 atom stereocenters. The van der Waals surface area contributed by atoms with E-state index in [-0.39, 0.29) is 12.8 Å². The number of esters is 3. The van der Waals surface area contributed by atoms with Crippen molar-refractivity contribution in [3.63, 3.8) is 0 Å². The van der Waals surface area contributed by atoms with Crippen LogP contribution < -0.4 is 10.6 Å². The van der Waals surface area contributed by atoms with Crippen LogP contribution in [0.1, 0.15) is 46.9 Å². The van der Waals surface area contributed by atoms with Crippen LogP contribution in [0.3, 0.4) is 0 Å². The second kappa shape index (κ2) is 13.4. The maximum atomic E-state index is 12.0. The lowest BCUT2D eigenvalue weighted by Gasteiger charge is -2.08. The molecule has 0 unspecified atom stereocenters. The third-order valence-corrected chi connectivity index (χ3v) is 4.35. The van der Waals surface area contributed by atoms with E-state index in [4.69, 9.17) is 9.47 Å². The van der Waals surface area contributed by atoms with Gasteiger partial charge < -0.3 is 24.8 Å². The molecule has 0 bridgehead atoms. The highest BCUT2D eigenvalue weighted by molar-refractivity contribution is 5.96. The summed E-state index contributed by atoms with van der Waals surface area (Å²) in [5.41, 5.74) is 1.57. The van der Waals surface area contributed by atoms with Crippen LogP contribution in [0.2, 0.25) is 0 Å². The SMILES string of the molecule is CCCOC(=O)c1ccc(NC(=O)COC(=O)CCC(=O)Nc2ccc(C(=O)OC)cc2)cc1. The Labute approximate surface area is 196 Å². The van der Waals surface area contributed by atoms with Crippen LogP contribution >= 0.6 is 0 Å². The van der Waals surface area contributed by atoms with E-state index in [1.807, 2.05) is 6.92 Å². The lowest BCUT2D eigenvalue weighted by Crippen LogP contribution is -2.21. The number of anilines is 2. The molecule has 0 aromatic heterocycles. The highest BCUT2D eigenvalue weighted by atomic mass is 16.5. The number of carbonyl (C=O) groups excluding carboxylic acids is 5. The Hall–Kier alpha value is -4.21. The van der Waals surface area contributed by atoms with E-state index in [0.717, 1.165) is 6.42 Å². The number of carbonyl (C=O) groups is 5. The zero-order valence-electron chi connectivity index (χ0n) is 18.9. The number of rotatable bonds is 11. The molecule has 0 aliphatic heterocycles. The molecule has 0 radical (unpaired) electrons. The van der Waals surface area contributed by atoms with Gasteiger partial charge in [0.25, 0.3) is 5.91 Å². The van der Waals surface area contributed by atoms with Gasteiger partial charge in [0.1, 0.15) is 0 Å². The first-order chi connectivity index (χ1) is 16.3. The molecule has 180 valence electrons. The minimum absolute atomic E-state index is 0.144. The van der Waals surface area contributed by atoms with Crippen molar-refractivity contribution in [3.05, 3.63) is 59.7 Å². The van der Waals surface area contributed by atoms with Gasteiger partial charge in [-0.1, -0.05) is 6.92 Å². The van der Waals surface area contributed by atoms with Crippen LogP contribution in [0.15, 0.2) is 48.5 Å². The fourth-order valence-electron chi connectivity index (χ4n) is 2.63. The molecular weight excluding hydrogens is 444 g/mol. The summed E-state index contributed by atoms with van der Waals surface area (Å²) in [7, 11) is 1.27. The lowest BCUT2D eigenvalue weighted by atomic mass is 10.2. The molecule has 10 heteroatoms. The molecular formula is C24H26N2O8. The first-order valence-corrected chi connectivity index (χ1v) is 10.5. The van der Waals surface area contributed by atoms with Crippen molar-refractivity contribution < 1.29 is 38.2 Å². The number of nitrogens with one attached hydrogen (secondary N) is 2. The van der Waals surface area contributed by atoms with Crippen molar-refractivity contribution in [2.45, 2.75) is 26.2 Å². The summed E-state index contributed by atoms with van der Waals surface area (Å²) in [5.74, 6) is -2.64. The predicted molar refractivity (Wildman–Crippen MR) is 122 cm³/mol. The Bertz CT molecular complexity index is 1020. The molecule has 2 amide bonds.